The van der Waals surface area contributed by atoms with Gasteiger partial charge in [0, 0.05) is 18.8 Å². The van der Waals surface area contributed by atoms with E-state index in [0.29, 0.717) is 6.04 Å². The van der Waals surface area contributed by atoms with Gasteiger partial charge in [-0.15, -0.1) is 0 Å². The van der Waals surface area contributed by atoms with E-state index in [1.165, 1.54) is 12.8 Å². The number of hydrogen-bond acceptors (Lipinski definition) is 3. The van der Waals surface area contributed by atoms with E-state index in [-0.39, 0.29) is 12.5 Å². The number of carbonyl (C=O) groups is 1. The van der Waals surface area contributed by atoms with Crippen molar-refractivity contribution in [3.8, 4) is 0 Å². The van der Waals surface area contributed by atoms with Crippen LogP contribution in [-0.2, 0) is 17.9 Å². The summed E-state index contributed by atoms with van der Waals surface area (Å²) in [5.74, 6) is -0.337. The Morgan fingerprint density at radius 3 is 3.14 bits per heavy atom. The first kappa shape index (κ1) is 9.21. The summed E-state index contributed by atoms with van der Waals surface area (Å²) in [6, 6.07) is 0.659. The quantitative estimate of drug-likeness (QED) is 0.671. The van der Waals surface area contributed by atoms with Crippen molar-refractivity contribution in [3.63, 3.8) is 0 Å². The Hall–Kier alpha value is -1.36. The van der Waals surface area contributed by atoms with E-state index in [2.05, 4.69) is 10.3 Å². The molecule has 2 rings (SSSR count). The molecule has 1 aromatic heterocycles. The van der Waals surface area contributed by atoms with Crippen LogP contribution in [0.4, 0.5) is 0 Å². The highest BCUT2D eigenvalue weighted by atomic mass is 16.1. The Morgan fingerprint density at radius 2 is 2.50 bits per heavy atom. The lowest BCUT2D eigenvalue weighted by atomic mass is 10.4. The summed E-state index contributed by atoms with van der Waals surface area (Å²) in [5.41, 5.74) is 6.12. The fourth-order valence-electron chi connectivity index (χ4n) is 1.34. The molecule has 1 aliphatic carbocycles. The molecule has 0 bridgehead atoms. The Bertz CT molecular complexity index is 329. The van der Waals surface area contributed by atoms with Crippen LogP contribution < -0.4 is 11.1 Å². The van der Waals surface area contributed by atoms with Gasteiger partial charge in [-0.25, -0.2) is 4.98 Å². The minimum atomic E-state index is -0.337. The molecule has 1 saturated carbocycles. The molecule has 0 aliphatic heterocycles. The highest BCUT2D eigenvalue weighted by molar-refractivity contribution is 5.73. The molecular weight excluding hydrogens is 180 g/mol. The van der Waals surface area contributed by atoms with Crippen molar-refractivity contribution in [2.75, 3.05) is 0 Å². The molecule has 5 heteroatoms. The van der Waals surface area contributed by atoms with E-state index in [4.69, 9.17) is 5.73 Å². The van der Waals surface area contributed by atoms with Crippen LogP contribution in [0.15, 0.2) is 12.5 Å². The zero-order valence-electron chi connectivity index (χ0n) is 7.94. The summed E-state index contributed by atoms with van der Waals surface area (Å²) in [7, 11) is 0. The van der Waals surface area contributed by atoms with Gasteiger partial charge < -0.3 is 15.6 Å². The van der Waals surface area contributed by atoms with E-state index in [9.17, 15) is 4.79 Å². The van der Waals surface area contributed by atoms with Crippen LogP contribution in [-0.4, -0.2) is 21.5 Å². The SMILES string of the molecule is NC(=O)Cn1cncc1CNC1CC1. The molecular formula is C9H14N4O. The number of carbonyl (C=O) groups excluding carboxylic acids is 1. The second-order valence-corrected chi connectivity index (χ2v) is 3.63. The van der Waals surface area contributed by atoms with Crippen LogP contribution >= 0.6 is 0 Å². The predicted molar refractivity (Wildman–Crippen MR) is 51.3 cm³/mol. The van der Waals surface area contributed by atoms with E-state index in [0.717, 1.165) is 12.2 Å². The van der Waals surface area contributed by atoms with Gasteiger partial charge in [-0.1, -0.05) is 0 Å². The van der Waals surface area contributed by atoms with Gasteiger partial charge in [0.25, 0.3) is 0 Å². The standard InChI is InChI=1S/C9H14N4O/c10-9(14)5-13-6-11-3-8(13)4-12-7-1-2-7/h3,6-7,12H,1-2,4-5H2,(H2,10,14). The van der Waals surface area contributed by atoms with Gasteiger partial charge in [-0.05, 0) is 12.8 Å². The van der Waals surface area contributed by atoms with Crippen molar-refractivity contribution in [2.24, 2.45) is 5.73 Å². The number of primary amides is 1. The first-order valence-corrected chi connectivity index (χ1v) is 4.76. The molecule has 0 aromatic carbocycles. The normalized spacial score (nSPS) is 15.7. The van der Waals surface area contributed by atoms with E-state index in [1.807, 2.05) is 0 Å². The molecule has 0 saturated heterocycles. The molecule has 76 valence electrons. The third kappa shape index (κ3) is 2.32. The van der Waals surface area contributed by atoms with Crippen molar-refractivity contribution in [3.05, 3.63) is 18.2 Å². The summed E-state index contributed by atoms with van der Waals surface area (Å²) < 4.78 is 1.78. The highest BCUT2D eigenvalue weighted by Gasteiger charge is 2.20. The number of hydrogen-bond donors (Lipinski definition) is 2. The molecule has 1 fully saturated rings. The molecule has 0 atom stereocenters. The Morgan fingerprint density at radius 1 is 1.71 bits per heavy atom. The van der Waals surface area contributed by atoms with Crippen LogP contribution in [0.1, 0.15) is 18.5 Å². The van der Waals surface area contributed by atoms with Crippen molar-refractivity contribution < 1.29 is 4.79 Å². The van der Waals surface area contributed by atoms with E-state index >= 15 is 0 Å². The molecule has 0 unspecified atom stereocenters. The van der Waals surface area contributed by atoms with Crippen LogP contribution in [0.3, 0.4) is 0 Å². The molecule has 0 radical (unpaired) electrons. The smallest absolute Gasteiger partial charge is 0.237 e. The lowest BCUT2D eigenvalue weighted by Gasteiger charge is -2.06. The van der Waals surface area contributed by atoms with Crippen molar-refractivity contribution >= 4 is 5.91 Å². The maximum Gasteiger partial charge on any atom is 0.237 e. The first-order valence-electron chi connectivity index (χ1n) is 4.76. The maximum atomic E-state index is 10.7. The van der Waals surface area contributed by atoms with Gasteiger partial charge in [0.15, 0.2) is 0 Å². The van der Waals surface area contributed by atoms with E-state index < -0.39 is 0 Å². The lowest BCUT2D eigenvalue weighted by Crippen LogP contribution is -2.22. The molecule has 1 amide bonds. The number of nitrogens with two attached hydrogens (primary N) is 1. The number of rotatable bonds is 5. The number of imidazole rings is 1. The molecule has 1 aromatic rings. The number of nitrogens with zero attached hydrogens (tertiary/aromatic N) is 2. The Kier molecular flexibility index (Phi) is 2.49. The van der Waals surface area contributed by atoms with Crippen molar-refractivity contribution in [1.82, 2.24) is 14.9 Å². The van der Waals surface area contributed by atoms with Gasteiger partial charge in [0.2, 0.25) is 5.91 Å². The number of amides is 1. The topological polar surface area (TPSA) is 72.9 Å². The summed E-state index contributed by atoms with van der Waals surface area (Å²) in [6.45, 7) is 0.972. The molecule has 3 N–H and O–H groups in total. The third-order valence-corrected chi connectivity index (χ3v) is 2.27. The van der Waals surface area contributed by atoms with Gasteiger partial charge in [-0.2, -0.15) is 0 Å². The summed E-state index contributed by atoms with van der Waals surface area (Å²) in [6.07, 6.45) is 5.90. The van der Waals surface area contributed by atoms with Gasteiger partial charge in [0.1, 0.15) is 6.54 Å². The number of aromatic nitrogens is 2. The lowest BCUT2D eigenvalue weighted by molar-refractivity contribution is -0.118. The third-order valence-electron chi connectivity index (χ3n) is 2.27. The van der Waals surface area contributed by atoms with Gasteiger partial charge >= 0.3 is 0 Å². The average Bonchev–Trinajstić information content (AvgIpc) is 2.85. The first-order chi connectivity index (χ1) is 6.75. The predicted octanol–water partition coefficient (Wildman–Crippen LogP) is -0.380. The molecule has 5 nitrogen and oxygen atoms in total. The zero-order valence-corrected chi connectivity index (χ0v) is 7.94. The number of nitrogens with one attached hydrogen (secondary N) is 1. The van der Waals surface area contributed by atoms with E-state index in [1.54, 1.807) is 17.1 Å². The fourth-order valence-corrected chi connectivity index (χ4v) is 1.34. The Balaban J connectivity index is 1.93. The van der Waals surface area contributed by atoms with Crippen LogP contribution in [0.2, 0.25) is 0 Å². The second-order valence-electron chi connectivity index (χ2n) is 3.63. The van der Waals surface area contributed by atoms with Crippen LogP contribution in [0, 0.1) is 0 Å². The molecule has 0 spiro atoms. The summed E-state index contributed by atoms with van der Waals surface area (Å²) in [5, 5.41) is 3.36. The largest absolute Gasteiger partial charge is 0.368 e. The minimum absolute atomic E-state index is 0.210. The van der Waals surface area contributed by atoms with Gasteiger partial charge in [-0.3, -0.25) is 4.79 Å². The van der Waals surface area contributed by atoms with Gasteiger partial charge in [0.05, 0.1) is 12.0 Å². The Labute approximate surface area is 82.3 Å². The summed E-state index contributed by atoms with van der Waals surface area (Å²) >= 11 is 0. The van der Waals surface area contributed by atoms with Crippen LogP contribution in [0.25, 0.3) is 0 Å². The highest BCUT2D eigenvalue weighted by Crippen LogP contribution is 2.19. The summed E-state index contributed by atoms with van der Waals surface area (Å²) in [4.78, 5) is 14.7. The molecule has 1 aliphatic rings. The maximum absolute atomic E-state index is 10.7. The molecule has 14 heavy (non-hydrogen) atoms. The van der Waals surface area contributed by atoms with Crippen LogP contribution in [0.5, 0.6) is 0 Å². The van der Waals surface area contributed by atoms with Crippen molar-refractivity contribution in [1.29, 1.82) is 0 Å². The minimum Gasteiger partial charge on any atom is -0.368 e. The molecule has 1 heterocycles. The second kappa shape index (κ2) is 3.79. The average molecular weight is 194 g/mol. The zero-order chi connectivity index (χ0) is 9.97. The van der Waals surface area contributed by atoms with Crippen molar-refractivity contribution in [2.45, 2.75) is 32.0 Å². The monoisotopic (exact) mass is 194 g/mol. The fraction of sp³-hybridized carbons (Fsp3) is 0.556.